The van der Waals surface area contributed by atoms with Crippen molar-refractivity contribution in [1.82, 2.24) is 4.98 Å². The third kappa shape index (κ3) is 2.88. The summed E-state index contributed by atoms with van der Waals surface area (Å²) in [4.78, 5) is 28.0. The number of ether oxygens (including phenoxy) is 1. The van der Waals surface area contributed by atoms with Crippen molar-refractivity contribution in [3.63, 3.8) is 0 Å². The normalized spacial score (nSPS) is 17.0. The Morgan fingerprint density at radius 1 is 1.27 bits per heavy atom. The number of hydrogen-bond acceptors (Lipinski definition) is 3. The third-order valence-electron chi connectivity index (χ3n) is 4.89. The predicted molar refractivity (Wildman–Crippen MR) is 104 cm³/mol. The molecule has 0 atom stereocenters. The van der Waals surface area contributed by atoms with Crippen molar-refractivity contribution in [3.8, 4) is 0 Å². The Kier molecular flexibility index (Phi) is 4.44. The van der Waals surface area contributed by atoms with Crippen molar-refractivity contribution < 1.29 is 14.3 Å². The SMILES string of the molecule is CCOC(=O)c1[nH]c(C=C2C(=O)Nc3ccc(Br)cc32)c2c1CCCC2. The van der Waals surface area contributed by atoms with Crippen LogP contribution in [0.25, 0.3) is 11.6 Å². The summed E-state index contributed by atoms with van der Waals surface area (Å²) in [7, 11) is 0. The number of halogens is 1. The van der Waals surface area contributed by atoms with Crippen molar-refractivity contribution in [2.24, 2.45) is 0 Å². The van der Waals surface area contributed by atoms with E-state index in [0.717, 1.165) is 58.2 Å². The zero-order valence-electron chi connectivity index (χ0n) is 14.4. The Morgan fingerprint density at radius 2 is 2.04 bits per heavy atom. The molecule has 2 heterocycles. The summed E-state index contributed by atoms with van der Waals surface area (Å²) < 4.78 is 6.11. The van der Waals surface area contributed by atoms with Gasteiger partial charge in [-0.05, 0) is 68.0 Å². The highest BCUT2D eigenvalue weighted by molar-refractivity contribution is 9.10. The van der Waals surface area contributed by atoms with E-state index in [0.29, 0.717) is 17.9 Å². The number of esters is 1. The Hall–Kier alpha value is -2.34. The number of benzene rings is 1. The summed E-state index contributed by atoms with van der Waals surface area (Å²) in [5.74, 6) is -0.454. The summed E-state index contributed by atoms with van der Waals surface area (Å²) in [6.07, 6.45) is 5.76. The minimum atomic E-state index is -0.325. The topological polar surface area (TPSA) is 71.2 Å². The number of carbonyl (C=O) groups excluding carboxylic acids is 2. The highest BCUT2D eigenvalue weighted by Gasteiger charge is 2.28. The van der Waals surface area contributed by atoms with Gasteiger partial charge in [-0.15, -0.1) is 0 Å². The van der Waals surface area contributed by atoms with Crippen LogP contribution in [0, 0.1) is 0 Å². The van der Waals surface area contributed by atoms with E-state index in [1.165, 1.54) is 0 Å². The van der Waals surface area contributed by atoms with Crippen molar-refractivity contribution in [1.29, 1.82) is 0 Å². The Balaban J connectivity index is 1.82. The van der Waals surface area contributed by atoms with E-state index < -0.39 is 0 Å². The highest BCUT2D eigenvalue weighted by atomic mass is 79.9. The summed E-state index contributed by atoms with van der Waals surface area (Å²) >= 11 is 3.46. The van der Waals surface area contributed by atoms with E-state index in [1.54, 1.807) is 6.92 Å². The van der Waals surface area contributed by atoms with Crippen LogP contribution in [0.4, 0.5) is 5.69 Å². The highest BCUT2D eigenvalue weighted by Crippen LogP contribution is 2.37. The minimum absolute atomic E-state index is 0.130. The molecule has 1 aromatic carbocycles. The van der Waals surface area contributed by atoms with Crippen LogP contribution in [0.3, 0.4) is 0 Å². The van der Waals surface area contributed by atoms with Crippen LogP contribution >= 0.6 is 15.9 Å². The lowest BCUT2D eigenvalue weighted by Crippen LogP contribution is -2.10. The average molecular weight is 415 g/mol. The van der Waals surface area contributed by atoms with Crippen molar-refractivity contribution in [3.05, 3.63) is 50.8 Å². The molecule has 0 saturated heterocycles. The molecule has 1 aliphatic heterocycles. The molecular formula is C20H19BrN2O3. The number of amides is 1. The summed E-state index contributed by atoms with van der Waals surface area (Å²) in [5.41, 5.74) is 5.79. The van der Waals surface area contributed by atoms with Crippen molar-refractivity contribution in [2.45, 2.75) is 32.6 Å². The smallest absolute Gasteiger partial charge is 0.355 e. The van der Waals surface area contributed by atoms with E-state index in [-0.39, 0.29) is 11.9 Å². The zero-order valence-corrected chi connectivity index (χ0v) is 16.0. The van der Waals surface area contributed by atoms with Crippen LogP contribution in [0.2, 0.25) is 0 Å². The lowest BCUT2D eigenvalue weighted by Gasteiger charge is -2.13. The van der Waals surface area contributed by atoms with Crippen molar-refractivity contribution in [2.75, 3.05) is 11.9 Å². The molecule has 26 heavy (non-hydrogen) atoms. The maximum atomic E-state index is 12.5. The first-order chi connectivity index (χ1) is 12.6. The van der Waals surface area contributed by atoms with Crippen molar-refractivity contribution >= 4 is 45.1 Å². The molecule has 1 amide bonds. The number of H-pyrrole nitrogens is 1. The standard InChI is InChI=1S/C20H19BrN2O3/c1-2-26-20(25)18-13-6-4-3-5-12(13)17(22-18)10-15-14-9-11(21)7-8-16(14)23-19(15)24/h7-10,22H,2-6H2,1H3,(H,23,24). The van der Waals surface area contributed by atoms with Gasteiger partial charge < -0.3 is 15.0 Å². The summed E-state index contributed by atoms with van der Waals surface area (Å²) in [6, 6.07) is 5.71. The van der Waals surface area contributed by atoms with Gasteiger partial charge >= 0.3 is 5.97 Å². The van der Waals surface area contributed by atoms with Gasteiger partial charge in [0.15, 0.2) is 0 Å². The maximum Gasteiger partial charge on any atom is 0.355 e. The number of aromatic nitrogens is 1. The minimum Gasteiger partial charge on any atom is -0.461 e. The van der Waals surface area contributed by atoms with E-state index in [9.17, 15) is 9.59 Å². The second-order valence-electron chi connectivity index (χ2n) is 6.50. The summed E-state index contributed by atoms with van der Waals surface area (Å²) in [6.45, 7) is 2.14. The van der Waals surface area contributed by atoms with E-state index >= 15 is 0 Å². The van der Waals surface area contributed by atoms with Gasteiger partial charge in [0, 0.05) is 21.4 Å². The molecule has 4 rings (SSSR count). The van der Waals surface area contributed by atoms with Crippen LogP contribution < -0.4 is 5.32 Å². The van der Waals surface area contributed by atoms with Gasteiger partial charge in [-0.25, -0.2) is 4.79 Å². The van der Waals surface area contributed by atoms with Gasteiger partial charge in [-0.2, -0.15) is 0 Å². The molecule has 6 heteroatoms. The van der Waals surface area contributed by atoms with Crippen LogP contribution in [0.15, 0.2) is 22.7 Å². The van der Waals surface area contributed by atoms with Crippen LogP contribution in [0.1, 0.15) is 52.6 Å². The molecule has 0 fully saturated rings. The molecule has 5 nitrogen and oxygen atoms in total. The number of aromatic amines is 1. The van der Waals surface area contributed by atoms with E-state index in [1.807, 2.05) is 24.3 Å². The summed E-state index contributed by atoms with van der Waals surface area (Å²) in [5, 5.41) is 2.89. The lowest BCUT2D eigenvalue weighted by atomic mass is 9.91. The van der Waals surface area contributed by atoms with Gasteiger partial charge in [-0.1, -0.05) is 15.9 Å². The fourth-order valence-corrected chi connectivity index (χ4v) is 4.07. The average Bonchev–Trinajstić information content (AvgIpc) is 3.14. The molecule has 0 unspecified atom stereocenters. The second-order valence-corrected chi connectivity index (χ2v) is 7.42. The fourth-order valence-electron chi connectivity index (χ4n) is 3.71. The van der Waals surface area contributed by atoms with Gasteiger partial charge in [0.05, 0.1) is 12.2 Å². The van der Waals surface area contributed by atoms with Gasteiger partial charge in [0.2, 0.25) is 0 Å². The number of hydrogen-bond donors (Lipinski definition) is 2. The van der Waals surface area contributed by atoms with Crippen LogP contribution in [0.5, 0.6) is 0 Å². The predicted octanol–water partition coefficient (Wildman–Crippen LogP) is 4.33. The fraction of sp³-hybridized carbons (Fsp3) is 0.300. The number of nitrogens with one attached hydrogen (secondary N) is 2. The molecule has 0 spiro atoms. The molecule has 0 saturated carbocycles. The molecule has 0 radical (unpaired) electrons. The third-order valence-corrected chi connectivity index (χ3v) is 5.38. The van der Waals surface area contributed by atoms with Crippen LogP contribution in [-0.4, -0.2) is 23.5 Å². The first-order valence-electron chi connectivity index (χ1n) is 8.82. The van der Waals surface area contributed by atoms with Gasteiger partial charge in [0.1, 0.15) is 5.69 Å². The monoisotopic (exact) mass is 414 g/mol. The quantitative estimate of drug-likeness (QED) is 0.579. The molecule has 2 aromatic rings. The first kappa shape index (κ1) is 17.1. The largest absolute Gasteiger partial charge is 0.461 e. The number of anilines is 1. The Bertz CT molecular complexity index is 943. The van der Waals surface area contributed by atoms with E-state index in [4.69, 9.17) is 4.74 Å². The molecule has 1 aromatic heterocycles. The molecule has 134 valence electrons. The second kappa shape index (κ2) is 6.76. The molecular weight excluding hydrogens is 396 g/mol. The lowest BCUT2D eigenvalue weighted by molar-refractivity contribution is -0.110. The Morgan fingerprint density at radius 3 is 2.81 bits per heavy atom. The van der Waals surface area contributed by atoms with Crippen LogP contribution in [-0.2, 0) is 22.4 Å². The molecule has 1 aliphatic carbocycles. The number of fused-ring (bicyclic) bond motifs is 2. The maximum absolute atomic E-state index is 12.5. The number of rotatable bonds is 3. The van der Waals surface area contributed by atoms with Gasteiger partial charge in [0.25, 0.3) is 5.91 Å². The molecule has 2 N–H and O–H groups in total. The number of carbonyl (C=O) groups is 2. The Labute approximate surface area is 159 Å². The zero-order chi connectivity index (χ0) is 18.3. The first-order valence-corrected chi connectivity index (χ1v) is 9.61. The van der Waals surface area contributed by atoms with E-state index in [2.05, 4.69) is 26.2 Å². The molecule has 0 bridgehead atoms. The van der Waals surface area contributed by atoms with Gasteiger partial charge in [-0.3, -0.25) is 4.79 Å². The molecule has 2 aliphatic rings.